The second-order valence-corrected chi connectivity index (χ2v) is 16.9. The van der Waals surface area contributed by atoms with E-state index in [1.54, 1.807) is 11.0 Å². The summed E-state index contributed by atoms with van der Waals surface area (Å²) in [6.07, 6.45) is 7.91. The van der Waals surface area contributed by atoms with Crippen molar-refractivity contribution >= 4 is 74.3 Å². The van der Waals surface area contributed by atoms with Crippen LogP contribution in [0, 0.1) is 25.7 Å². The number of hydrogen-bond donors (Lipinski definition) is 5. The number of nitrogens with one attached hydrogen (secondary N) is 4. The van der Waals surface area contributed by atoms with Crippen molar-refractivity contribution in [1.29, 1.82) is 0 Å². The first-order valence-electron chi connectivity index (χ1n) is 21.0. The number of H-pyrrole nitrogens is 2. The number of urea groups is 1. The third-order valence-electron chi connectivity index (χ3n) is 12.2. The van der Waals surface area contributed by atoms with Crippen LogP contribution in [0.5, 0.6) is 0 Å². The van der Waals surface area contributed by atoms with Gasteiger partial charge in [-0.3, -0.25) is 30.0 Å². The quantitative estimate of drug-likeness (QED) is 0.114. The second kappa shape index (κ2) is 15.2. The minimum absolute atomic E-state index is 0.0133. The second-order valence-electron chi connectivity index (χ2n) is 16.9. The highest BCUT2D eigenvalue weighted by Crippen LogP contribution is 2.41. The SMILES string of the molecule is Cc1ccc2c(N)[nH]nc2n1.Cc1ccc2c(NC(=O)N3c4nc(C(=O)CC5CC5)ccc4N4CC[C@H]3C4)n[nH]c2n1.O=C(CC1CC1)c1ccc2c(n1)N[C@H]1CCN2C1. The van der Waals surface area contributed by atoms with Crippen molar-refractivity contribution in [3.8, 4) is 0 Å². The lowest BCUT2D eigenvalue weighted by Gasteiger charge is -2.35. The van der Waals surface area contributed by atoms with Gasteiger partial charge in [-0.1, -0.05) is 0 Å². The van der Waals surface area contributed by atoms with Gasteiger partial charge in [0.2, 0.25) is 0 Å². The van der Waals surface area contributed by atoms with Crippen LogP contribution in [0.3, 0.4) is 0 Å². The largest absolute Gasteiger partial charge is 0.384 e. The number of anilines is 6. The van der Waals surface area contributed by atoms with Gasteiger partial charge in [0.25, 0.3) is 0 Å². The number of nitrogen functional groups attached to an aromatic ring is 1. The van der Waals surface area contributed by atoms with E-state index in [9.17, 15) is 14.4 Å². The molecule has 0 unspecified atom stereocenters. The van der Waals surface area contributed by atoms with Crippen molar-refractivity contribution in [1.82, 2.24) is 40.3 Å². The summed E-state index contributed by atoms with van der Waals surface area (Å²) in [5.74, 6) is 3.86. The van der Waals surface area contributed by atoms with Crippen molar-refractivity contribution in [2.45, 2.75) is 77.3 Å². The molecule has 4 aliphatic heterocycles. The predicted octanol–water partition coefficient (Wildman–Crippen LogP) is 6.19. The number of nitrogens with two attached hydrogens (primary N) is 1. The molecular weight excluding hydrogens is 761 g/mol. The molecule has 0 spiro atoms. The number of pyridine rings is 4. The van der Waals surface area contributed by atoms with E-state index in [0.29, 0.717) is 70.9 Å². The number of fused-ring (bicyclic) bond motifs is 10. The van der Waals surface area contributed by atoms with Crippen LogP contribution in [0.1, 0.15) is 83.7 Å². The summed E-state index contributed by atoms with van der Waals surface area (Å²) < 4.78 is 0. The van der Waals surface area contributed by atoms with Crippen molar-refractivity contribution in [3.63, 3.8) is 0 Å². The molecule has 0 radical (unpaired) electrons. The minimum atomic E-state index is -0.291. The first-order valence-corrected chi connectivity index (χ1v) is 21.0. The molecule has 4 fully saturated rings. The van der Waals surface area contributed by atoms with Gasteiger partial charge in [-0.05, 0) is 113 Å². The highest BCUT2D eigenvalue weighted by molar-refractivity contribution is 6.08. The standard InChI is InChI=1S/C22H23N7O2.C14H17N3O.C7H8N4/c1-12-2-5-15-19(23-12)26-27-20(15)25-22(31)29-14-8-9-28(11-14)17-7-6-16(24-21(17)29)18(30)10-13-3-4-13;18-13(7-9-1-2-9)11-3-4-12-14(16-11)15-10-5-6-17(12)8-10;1-4-2-3-5-6(8)10-11-7(5)9-4/h2,5-7,13-14H,3-4,8-11H2,1H3,(H2,23,25,26,27,31);3-4,9-10H,1-2,5-8H2,(H,15,16);2-3H,1H3,(H3,8,9,10,11)/t14-;10-;/m00./s1. The zero-order valence-corrected chi connectivity index (χ0v) is 33.7. The third kappa shape index (κ3) is 7.55. The highest BCUT2D eigenvalue weighted by Gasteiger charge is 2.41. The number of aromatic amines is 2. The van der Waals surface area contributed by atoms with Gasteiger partial charge in [0.15, 0.2) is 40.3 Å². The molecule has 6 aromatic rings. The summed E-state index contributed by atoms with van der Waals surface area (Å²) >= 11 is 0. The van der Waals surface area contributed by atoms with Crippen LogP contribution in [0.15, 0.2) is 48.5 Å². The molecule has 12 rings (SSSR count). The molecule has 308 valence electrons. The first-order chi connectivity index (χ1) is 29.1. The molecule has 2 amide bonds. The van der Waals surface area contributed by atoms with Gasteiger partial charge in [0.1, 0.15) is 17.2 Å². The molecule has 6 aromatic heterocycles. The molecule has 4 bridgehead atoms. The van der Waals surface area contributed by atoms with E-state index < -0.39 is 0 Å². The Morgan fingerprint density at radius 3 is 2.13 bits per heavy atom. The van der Waals surface area contributed by atoms with Gasteiger partial charge in [-0.15, -0.1) is 0 Å². The number of aromatic nitrogens is 8. The van der Waals surface area contributed by atoms with Crippen LogP contribution in [-0.4, -0.2) is 96.2 Å². The number of amides is 2. The van der Waals surface area contributed by atoms with Gasteiger partial charge in [-0.2, -0.15) is 10.2 Å². The Kier molecular flexibility index (Phi) is 9.52. The Hall–Kier alpha value is -6.65. The molecule has 17 heteroatoms. The fourth-order valence-electron chi connectivity index (χ4n) is 8.53. The predicted molar refractivity (Wildman–Crippen MR) is 230 cm³/mol. The molecule has 2 saturated carbocycles. The number of Topliss-reactive ketones (excluding diaryl/α,β-unsaturated/α-hetero) is 2. The van der Waals surface area contributed by atoms with E-state index in [2.05, 4.69) is 66.8 Å². The fraction of sp³-hybridized carbons (Fsp3) is 0.419. The number of nitrogens with zero attached hydrogens (tertiary/aromatic N) is 9. The molecule has 17 nitrogen and oxygen atoms in total. The normalized spacial score (nSPS) is 19.5. The van der Waals surface area contributed by atoms with Crippen LogP contribution < -0.4 is 31.1 Å². The van der Waals surface area contributed by atoms with E-state index in [-0.39, 0.29) is 23.6 Å². The van der Waals surface area contributed by atoms with E-state index in [1.165, 1.54) is 19.3 Å². The molecule has 10 heterocycles. The number of hydrogen-bond acceptors (Lipinski definition) is 13. The third-order valence-corrected chi connectivity index (χ3v) is 12.2. The summed E-state index contributed by atoms with van der Waals surface area (Å²) in [7, 11) is 0. The Balaban J connectivity index is 0.000000125. The number of ketones is 2. The average molecular weight is 809 g/mol. The summed E-state index contributed by atoms with van der Waals surface area (Å²) in [6.45, 7) is 7.63. The Labute approximate surface area is 345 Å². The van der Waals surface area contributed by atoms with Crippen LogP contribution in [0.25, 0.3) is 22.1 Å². The molecule has 2 saturated heterocycles. The number of carbonyl (C=O) groups excluding carboxylic acids is 3. The van der Waals surface area contributed by atoms with E-state index in [0.717, 1.165) is 84.8 Å². The molecule has 0 aromatic carbocycles. The van der Waals surface area contributed by atoms with Crippen LogP contribution in [0.2, 0.25) is 0 Å². The maximum absolute atomic E-state index is 13.4. The topological polar surface area (TPSA) is 220 Å². The lowest BCUT2D eigenvalue weighted by molar-refractivity contribution is 0.0963. The minimum Gasteiger partial charge on any atom is -0.384 e. The zero-order valence-electron chi connectivity index (χ0n) is 33.7. The van der Waals surface area contributed by atoms with Crippen molar-refractivity contribution < 1.29 is 14.4 Å². The Morgan fingerprint density at radius 1 is 0.717 bits per heavy atom. The van der Waals surface area contributed by atoms with Crippen LogP contribution in [-0.2, 0) is 0 Å². The fourth-order valence-corrected chi connectivity index (χ4v) is 8.53. The van der Waals surface area contributed by atoms with E-state index >= 15 is 0 Å². The smallest absolute Gasteiger partial charge is 0.329 e. The first kappa shape index (κ1) is 37.6. The zero-order chi connectivity index (χ0) is 41.1. The van der Waals surface area contributed by atoms with Crippen molar-refractivity contribution in [3.05, 3.63) is 71.3 Å². The maximum atomic E-state index is 13.4. The maximum Gasteiger partial charge on any atom is 0.329 e. The van der Waals surface area contributed by atoms with Crippen molar-refractivity contribution in [2.24, 2.45) is 11.8 Å². The van der Waals surface area contributed by atoms with E-state index in [1.807, 2.05) is 50.2 Å². The molecule has 2 atom stereocenters. The van der Waals surface area contributed by atoms with Gasteiger partial charge in [0.05, 0.1) is 28.2 Å². The average Bonchev–Trinajstić information content (AvgIpc) is 4.08. The number of aryl methyl sites for hydroxylation is 2. The molecule has 6 aliphatic rings. The summed E-state index contributed by atoms with van der Waals surface area (Å²) in [6, 6.07) is 15.5. The lowest BCUT2D eigenvalue weighted by Crippen LogP contribution is -2.48. The highest BCUT2D eigenvalue weighted by atomic mass is 16.2. The Bertz CT molecular complexity index is 2650. The van der Waals surface area contributed by atoms with Crippen LogP contribution in [0.4, 0.5) is 39.4 Å². The molecule has 60 heavy (non-hydrogen) atoms. The van der Waals surface area contributed by atoms with Crippen molar-refractivity contribution in [2.75, 3.05) is 57.2 Å². The summed E-state index contributed by atoms with van der Waals surface area (Å²) in [4.78, 5) is 62.2. The van der Waals surface area contributed by atoms with Gasteiger partial charge in [-0.25, -0.2) is 24.7 Å². The molecule has 6 N–H and O–H groups in total. The molecular formula is C43H48N14O3. The lowest BCUT2D eigenvalue weighted by atomic mass is 10.1. The summed E-state index contributed by atoms with van der Waals surface area (Å²) in [5, 5.41) is 21.7. The van der Waals surface area contributed by atoms with Gasteiger partial charge in [0, 0.05) is 56.5 Å². The summed E-state index contributed by atoms with van der Waals surface area (Å²) in [5.41, 5.74) is 11.8. The van der Waals surface area contributed by atoms with Gasteiger partial charge < -0.3 is 20.9 Å². The number of carbonyl (C=O) groups is 3. The van der Waals surface area contributed by atoms with Gasteiger partial charge >= 0.3 is 6.03 Å². The molecule has 2 aliphatic carbocycles. The van der Waals surface area contributed by atoms with Crippen LogP contribution >= 0.6 is 0 Å². The van der Waals surface area contributed by atoms with E-state index in [4.69, 9.17) is 5.73 Å². The number of rotatable bonds is 7. The monoisotopic (exact) mass is 808 g/mol. The Morgan fingerprint density at radius 2 is 1.38 bits per heavy atom.